The number of benzene rings is 4. The van der Waals surface area contributed by atoms with Gasteiger partial charge in [0.05, 0.1) is 23.7 Å². The molecule has 5 aromatic rings. The number of piperazine rings is 1. The molecule has 10 nitrogen and oxygen atoms in total. The molecule has 2 aliphatic heterocycles. The first-order chi connectivity index (χ1) is 24.5. The summed E-state index contributed by atoms with van der Waals surface area (Å²) in [5.74, 6) is 0.647. The molecule has 4 aromatic carbocycles. The lowest BCUT2D eigenvalue weighted by molar-refractivity contribution is -0.263. The normalized spacial score (nSPS) is 21.6. The highest BCUT2D eigenvalue weighted by Gasteiger charge is 2.42. The zero-order valence-corrected chi connectivity index (χ0v) is 28.5. The summed E-state index contributed by atoms with van der Waals surface area (Å²) in [5.41, 5.74) is 4.64. The molecule has 0 spiro atoms. The van der Waals surface area contributed by atoms with Crippen LogP contribution in [0.1, 0.15) is 46.1 Å². The van der Waals surface area contributed by atoms with Crippen molar-refractivity contribution in [1.82, 2.24) is 19.6 Å². The van der Waals surface area contributed by atoms with Crippen molar-refractivity contribution in [3.05, 3.63) is 155 Å². The molecule has 50 heavy (non-hydrogen) atoms. The first-order valence-corrected chi connectivity index (χ1v) is 18.4. The molecule has 1 unspecified atom stereocenters. The number of hydrogen-bond acceptors (Lipinski definition) is 9. The molecule has 0 saturated carbocycles. The Bertz CT molecular complexity index is 1910. The van der Waals surface area contributed by atoms with Crippen LogP contribution >= 0.6 is 0 Å². The predicted molar refractivity (Wildman–Crippen MR) is 191 cm³/mol. The second-order valence-electron chi connectivity index (χ2n) is 12.6. The van der Waals surface area contributed by atoms with Gasteiger partial charge in [-0.25, -0.2) is 23.1 Å². The Labute approximate surface area is 293 Å². The second-order valence-corrected chi connectivity index (χ2v) is 14.4. The Morgan fingerprint density at radius 1 is 0.700 bits per heavy atom. The van der Waals surface area contributed by atoms with E-state index in [4.69, 9.17) is 9.47 Å². The standard InChI is InChI=1S/C39H41N5O5S/c45-28-30-14-16-32(17-15-30)37-36(31-8-3-1-4-9-31)35(27-43-22-24-44(25-23-43)39-40-20-7-21-41-39)48-38(49-37)33-18-12-29(13-19-33)26-42-50(46,47)34-10-5-2-6-11-34/h1-21,35-38,42,45H,22-28H2/t35-,36-,37+,38?/m1/s1. The lowest BCUT2D eigenvalue weighted by atomic mass is 9.83. The smallest absolute Gasteiger partial charge is 0.240 e. The lowest BCUT2D eigenvalue weighted by Gasteiger charge is -2.45. The van der Waals surface area contributed by atoms with Gasteiger partial charge < -0.3 is 19.5 Å². The molecule has 11 heteroatoms. The minimum absolute atomic E-state index is 0.0316. The van der Waals surface area contributed by atoms with E-state index in [-0.39, 0.29) is 36.2 Å². The minimum Gasteiger partial charge on any atom is -0.392 e. The highest BCUT2D eigenvalue weighted by molar-refractivity contribution is 7.89. The molecule has 258 valence electrons. The molecule has 7 rings (SSSR count). The molecule has 2 aliphatic rings. The first kappa shape index (κ1) is 34.0. The van der Waals surface area contributed by atoms with E-state index in [1.807, 2.05) is 72.8 Å². The molecule has 2 N–H and O–H groups in total. The van der Waals surface area contributed by atoms with Gasteiger partial charge >= 0.3 is 0 Å². The average molecular weight is 692 g/mol. The maximum absolute atomic E-state index is 12.8. The Morgan fingerprint density at radius 3 is 1.98 bits per heavy atom. The van der Waals surface area contributed by atoms with Gasteiger partial charge in [-0.15, -0.1) is 0 Å². The van der Waals surface area contributed by atoms with Crippen molar-refractivity contribution in [2.45, 2.75) is 42.5 Å². The minimum atomic E-state index is -3.64. The maximum Gasteiger partial charge on any atom is 0.240 e. The van der Waals surface area contributed by atoms with E-state index in [0.29, 0.717) is 6.54 Å². The van der Waals surface area contributed by atoms with Gasteiger partial charge in [0.25, 0.3) is 0 Å². The number of anilines is 1. The summed E-state index contributed by atoms with van der Waals surface area (Å²) in [6.45, 7) is 4.14. The number of aliphatic hydroxyl groups is 1. The van der Waals surface area contributed by atoms with E-state index in [2.05, 4.69) is 36.6 Å². The number of nitrogens with one attached hydrogen (secondary N) is 1. The van der Waals surface area contributed by atoms with E-state index < -0.39 is 16.3 Å². The van der Waals surface area contributed by atoms with E-state index in [1.165, 1.54) is 0 Å². The van der Waals surface area contributed by atoms with Crippen LogP contribution in [0.5, 0.6) is 0 Å². The molecular formula is C39H41N5O5S. The summed E-state index contributed by atoms with van der Waals surface area (Å²) < 4.78 is 42.0. The van der Waals surface area contributed by atoms with Crippen molar-refractivity contribution in [2.24, 2.45) is 0 Å². The average Bonchev–Trinajstić information content (AvgIpc) is 3.18. The summed E-state index contributed by atoms with van der Waals surface area (Å²) >= 11 is 0. The van der Waals surface area contributed by atoms with Crippen molar-refractivity contribution in [1.29, 1.82) is 0 Å². The highest BCUT2D eigenvalue weighted by atomic mass is 32.2. The van der Waals surface area contributed by atoms with Crippen LogP contribution in [0.2, 0.25) is 0 Å². The Hall–Kier alpha value is -4.49. The molecule has 0 amide bonds. The number of ether oxygens (including phenoxy) is 2. The zero-order chi connectivity index (χ0) is 34.3. The lowest BCUT2D eigenvalue weighted by Crippen LogP contribution is -2.51. The zero-order valence-electron chi connectivity index (χ0n) is 27.7. The number of hydrogen-bond donors (Lipinski definition) is 2. The third-order valence-corrected chi connectivity index (χ3v) is 10.8. The van der Waals surface area contributed by atoms with E-state index >= 15 is 0 Å². The number of aromatic nitrogens is 2. The van der Waals surface area contributed by atoms with Crippen LogP contribution in [0, 0.1) is 0 Å². The van der Waals surface area contributed by atoms with E-state index in [1.54, 1.807) is 42.7 Å². The monoisotopic (exact) mass is 691 g/mol. The molecular weight excluding hydrogens is 651 g/mol. The second kappa shape index (κ2) is 15.6. The molecule has 0 bridgehead atoms. The van der Waals surface area contributed by atoms with Crippen molar-refractivity contribution in [2.75, 3.05) is 37.6 Å². The fourth-order valence-corrected chi connectivity index (χ4v) is 7.70. The summed E-state index contributed by atoms with van der Waals surface area (Å²) in [6, 6.07) is 36.2. The summed E-state index contributed by atoms with van der Waals surface area (Å²) in [4.78, 5) is 13.8. The van der Waals surface area contributed by atoms with Crippen LogP contribution in [0.15, 0.2) is 133 Å². The fraction of sp³-hybridized carbons (Fsp3) is 0.282. The molecule has 2 fully saturated rings. The molecule has 1 aromatic heterocycles. The third kappa shape index (κ3) is 7.94. The van der Waals surface area contributed by atoms with Crippen molar-refractivity contribution >= 4 is 16.0 Å². The molecule has 0 radical (unpaired) electrons. The van der Waals surface area contributed by atoms with Crippen LogP contribution < -0.4 is 9.62 Å². The van der Waals surface area contributed by atoms with E-state index in [0.717, 1.165) is 59.9 Å². The van der Waals surface area contributed by atoms with Crippen molar-refractivity contribution in [3.8, 4) is 0 Å². The summed E-state index contributed by atoms with van der Waals surface area (Å²) in [5, 5.41) is 9.73. The summed E-state index contributed by atoms with van der Waals surface area (Å²) in [7, 11) is -3.64. The first-order valence-electron chi connectivity index (χ1n) is 16.9. The van der Waals surface area contributed by atoms with Crippen LogP contribution in [0.3, 0.4) is 0 Å². The summed E-state index contributed by atoms with van der Waals surface area (Å²) in [6.07, 6.45) is 2.35. The molecule has 2 saturated heterocycles. The van der Waals surface area contributed by atoms with Gasteiger partial charge in [0.2, 0.25) is 16.0 Å². The van der Waals surface area contributed by atoms with Gasteiger partial charge in [-0.05, 0) is 40.5 Å². The SMILES string of the molecule is O=S(=O)(NCc1ccc(C2O[C@H](CN3CCN(c4ncccn4)CC3)[C@@H](c3ccccc3)[C@H](c3ccc(CO)cc3)O2)cc1)c1ccccc1. The predicted octanol–water partition coefficient (Wildman–Crippen LogP) is 5.21. The van der Waals surface area contributed by atoms with Crippen LogP contribution in [-0.4, -0.2) is 67.2 Å². The van der Waals surface area contributed by atoms with Crippen molar-refractivity contribution < 1.29 is 23.0 Å². The van der Waals surface area contributed by atoms with Gasteiger partial charge in [0.15, 0.2) is 6.29 Å². The van der Waals surface area contributed by atoms with Gasteiger partial charge in [0, 0.05) is 63.1 Å². The van der Waals surface area contributed by atoms with Gasteiger partial charge in [-0.3, -0.25) is 4.90 Å². The quantitative estimate of drug-likeness (QED) is 0.193. The number of rotatable bonds is 11. The van der Waals surface area contributed by atoms with Crippen LogP contribution in [0.4, 0.5) is 5.95 Å². The third-order valence-electron chi connectivity index (χ3n) is 9.39. The number of nitrogens with zero attached hydrogens (tertiary/aromatic N) is 4. The van der Waals surface area contributed by atoms with Crippen LogP contribution in [0.25, 0.3) is 0 Å². The van der Waals surface area contributed by atoms with Gasteiger partial charge in [0.1, 0.15) is 0 Å². The van der Waals surface area contributed by atoms with Gasteiger partial charge in [-0.1, -0.05) is 97.1 Å². The molecule has 3 heterocycles. The molecule has 4 atom stereocenters. The van der Waals surface area contributed by atoms with Crippen LogP contribution in [-0.2, 0) is 32.6 Å². The number of sulfonamides is 1. The molecule has 0 aliphatic carbocycles. The van der Waals surface area contributed by atoms with Gasteiger partial charge in [-0.2, -0.15) is 0 Å². The number of aliphatic hydroxyl groups excluding tert-OH is 1. The largest absolute Gasteiger partial charge is 0.392 e. The fourth-order valence-electron chi connectivity index (χ4n) is 6.66. The van der Waals surface area contributed by atoms with Crippen molar-refractivity contribution in [3.63, 3.8) is 0 Å². The maximum atomic E-state index is 12.8. The highest BCUT2D eigenvalue weighted by Crippen LogP contribution is 2.47. The van der Waals surface area contributed by atoms with E-state index in [9.17, 15) is 13.5 Å². The Balaban J connectivity index is 1.14. The Kier molecular flexibility index (Phi) is 10.6. The topological polar surface area (TPSA) is 117 Å². The Morgan fingerprint density at radius 2 is 1.32 bits per heavy atom.